The maximum atomic E-state index is 2.44. The Morgan fingerprint density at radius 3 is 1.07 bits per heavy atom. The zero-order valence-electron chi connectivity index (χ0n) is 19.5. The molecule has 0 bridgehead atoms. The van der Waals surface area contributed by atoms with Crippen molar-refractivity contribution in [3.63, 3.8) is 0 Å². The molecule has 0 saturated carbocycles. The predicted octanol–water partition coefficient (Wildman–Crippen LogP) is 10.9. The van der Waals surface area contributed by atoms with Crippen LogP contribution in [0.25, 0.3) is 0 Å². The molecular formula is C24H50S3. The molecule has 0 aliphatic heterocycles. The molecule has 0 fully saturated rings. The second kappa shape index (κ2) is 17.9. The van der Waals surface area contributed by atoms with Crippen molar-refractivity contribution in [2.45, 2.75) is 154 Å². The van der Waals surface area contributed by atoms with Gasteiger partial charge in [-0.05, 0) is 50.4 Å². The molecule has 0 heterocycles. The lowest BCUT2D eigenvalue weighted by Crippen LogP contribution is -2.14. The molecule has 0 amide bonds. The average Bonchev–Trinajstić information content (AvgIpc) is 2.59. The van der Waals surface area contributed by atoms with Gasteiger partial charge in [0.05, 0.1) is 0 Å². The van der Waals surface area contributed by atoms with E-state index in [9.17, 15) is 0 Å². The third kappa shape index (κ3) is 20.1. The molecule has 0 aliphatic carbocycles. The van der Waals surface area contributed by atoms with Gasteiger partial charge in [-0.25, -0.2) is 0 Å². The SMILES string of the molecule is CCCCCCCCCC(C)(C)SSSC(C)(C)CCCCCCCCC. The first-order valence-electron chi connectivity index (χ1n) is 11.9. The van der Waals surface area contributed by atoms with E-state index in [4.69, 9.17) is 0 Å². The van der Waals surface area contributed by atoms with E-state index in [0.29, 0.717) is 9.49 Å². The first-order valence-corrected chi connectivity index (χ1v) is 15.3. The van der Waals surface area contributed by atoms with E-state index in [2.05, 4.69) is 73.0 Å². The molecule has 0 nitrogen and oxygen atoms in total. The van der Waals surface area contributed by atoms with Gasteiger partial charge in [-0.3, -0.25) is 0 Å². The summed E-state index contributed by atoms with van der Waals surface area (Å²) in [6, 6.07) is 0. The Balaban J connectivity index is 3.68. The minimum Gasteiger partial charge on any atom is -0.0763 e. The van der Waals surface area contributed by atoms with Crippen molar-refractivity contribution < 1.29 is 0 Å². The van der Waals surface area contributed by atoms with Crippen molar-refractivity contribution in [2.75, 3.05) is 0 Å². The zero-order valence-corrected chi connectivity index (χ0v) is 22.0. The summed E-state index contributed by atoms with van der Waals surface area (Å²) in [5.74, 6) is 0. The van der Waals surface area contributed by atoms with Gasteiger partial charge in [-0.1, -0.05) is 125 Å². The van der Waals surface area contributed by atoms with Gasteiger partial charge in [0, 0.05) is 9.49 Å². The van der Waals surface area contributed by atoms with Crippen molar-refractivity contribution in [3.8, 4) is 0 Å². The van der Waals surface area contributed by atoms with Crippen LogP contribution in [0.4, 0.5) is 0 Å². The summed E-state index contributed by atoms with van der Waals surface area (Å²) in [7, 11) is 6.27. The summed E-state index contributed by atoms with van der Waals surface area (Å²) >= 11 is 0. The fourth-order valence-electron chi connectivity index (χ4n) is 3.30. The van der Waals surface area contributed by atoms with Crippen LogP contribution in [0.2, 0.25) is 0 Å². The van der Waals surface area contributed by atoms with E-state index in [1.165, 1.54) is 103 Å². The Bertz CT molecular complexity index is 283. The molecule has 0 spiro atoms. The summed E-state index contributed by atoms with van der Waals surface area (Å²) in [4.78, 5) is 0. The van der Waals surface area contributed by atoms with Gasteiger partial charge in [0.2, 0.25) is 0 Å². The second-order valence-electron chi connectivity index (χ2n) is 9.50. The molecule has 0 aromatic rings. The molecule has 0 atom stereocenters. The van der Waals surface area contributed by atoms with Crippen molar-refractivity contribution in [3.05, 3.63) is 0 Å². The number of hydrogen-bond acceptors (Lipinski definition) is 3. The van der Waals surface area contributed by atoms with Crippen molar-refractivity contribution >= 4 is 31.4 Å². The third-order valence-electron chi connectivity index (χ3n) is 5.28. The highest BCUT2D eigenvalue weighted by Gasteiger charge is 2.23. The Kier molecular flexibility index (Phi) is 18.6. The Hall–Kier alpha value is 1.05. The normalized spacial score (nSPS) is 12.7. The van der Waals surface area contributed by atoms with Crippen molar-refractivity contribution in [1.82, 2.24) is 0 Å². The summed E-state index contributed by atoms with van der Waals surface area (Å²) < 4.78 is 0.826. The quantitative estimate of drug-likeness (QED) is 0.138. The van der Waals surface area contributed by atoms with Gasteiger partial charge in [0.25, 0.3) is 0 Å². The molecule has 0 rings (SSSR count). The molecule has 164 valence electrons. The number of rotatable bonds is 20. The molecule has 0 unspecified atom stereocenters. The lowest BCUT2D eigenvalue weighted by atomic mass is 10.0. The van der Waals surface area contributed by atoms with Crippen LogP contribution in [0.15, 0.2) is 0 Å². The topological polar surface area (TPSA) is 0 Å². The fourth-order valence-corrected chi connectivity index (χ4v) is 9.49. The standard InChI is InChI=1S/C24H50S3/c1-7-9-11-13-15-17-19-21-23(3,4)25-27-26-24(5,6)22-20-18-16-14-12-10-8-2/h7-22H2,1-6H3. The minimum atomic E-state index is 0.413. The van der Waals surface area contributed by atoms with Crippen LogP contribution >= 0.6 is 31.4 Å². The van der Waals surface area contributed by atoms with Crippen LogP contribution in [-0.2, 0) is 0 Å². The van der Waals surface area contributed by atoms with E-state index in [0.717, 1.165) is 0 Å². The molecule has 0 aromatic heterocycles. The van der Waals surface area contributed by atoms with Gasteiger partial charge >= 0.3 is 0 Å². The average molecular weight is 435 g/mol. The van der Waals surface area contributed by atoms with Gasteiger partial charge in [-0.2, -0.15) is 0 Å². The molecule has 0 aromatic carbocycles. The lowest BCUT2D eigenvalue weighted by molar-refractivity contribution is 0.537. The first kappa shape index (κ1) is 28.1. The van der Waals surface area contributed by atoms with Crippen LogP contribution in [0, 0.1) is 0 Å². The van der Waals surface area contributed by atoms with Crippen LogP contribution < -0.4 is 0 Å². The maximum Gasteiger partial charge on any atom is 0.0215 e. The Labute approximate surface area is 184 Å². The van der Waals surface area contributed by atoms with Gasteiger partial charge < -0.3 is 0 Å². The Morgan fingerprint density at radius 2 is 0.741 bits per heavy atom. The summed E-state index contributed by atoms with van der Waals surface area (Å²) in [5, 5.41) is 0. The molecule has 0 radical (unpaired) electrons. The van der Waals surface area contributed by atoms with Gasteiger partial charge in [-0.15, -0.1) is 0 Å². The largest absolute Gasteiger partial charge is 0.0763 e. The minimum absolute atomic E-state index is 0.413. The van der Waals surface area contributed by atoms with E-state index in [-0.39, 0.29) is 0 Å². The lowest BCUT2D eigenvalue weighted by Gasteiger charge is -2.27. The molecule has 0 saturated heterocycles. The number of hydrogen-bond donors (Lipinski definition) is 0. The highest BCUT2D eigenvalue weighted by molar-refractivity contribution is 9.09. The summed E-state index contributed by atoms with van der Waals surface area (Å²) in [5.41, 5.74) is 0. The first-order chi connectivity index (χ1) is 12.8. The molecule has 27 heavy (non-hydrogen) atoms. The Morgan fingerprint density at radius 1 is 0.444 bits per heavy atom. The van der Waals surface area contributed by atoms with Gasteiger partial charge in [0.1, 0.15) is 0 Å². The summed E-state index contributed by atoms with van der Waals surface area (Å²) in [6.45, 7) is 14.3. The van der Waals surface area contributed by atoms with E-state index in [1.54, 1.807) is 0 Å². The maximum absolute atomic E-state index is 2.44. The van der Waals surface area contributed by atoms with E-state index >= 15 is 0 Å². The highest BCUT2D eigenvalue weighted by Crippen LogP contribution is 2.51. The third-order valence-corrected chi connectivity index (χ3v) is 11.1. The van der Waals surface area contributed by atoms with Crippen LogP contribution in [-0.4, -0.2) is 9.49 Å². The highest BCUT2D eigenvalue weighted by atomic mass is 33.5. The fraction of sp³-hybridized carbons (Fsp3) is 1.00. The molecular weight excluding hydrogens is 384 g/mol. The van der Waals surface area contributed by atoms with E-state index < -0.39 is 0 Å². The van der Waals surface area contributed by atoms with Crippen molar-refractivity contribution in [2.24, 2.45) is 0 Å². The molecule has 0 N–H and O–H groups in total. The van der Waals surface area contributed by atoms with E-state index in [1.807, 2.05) is 0 Å². The summed E-state index contributed by atoms with van der Waals surface area (Å²) in [6.07, 6.45) is 22.6. The monoisotopic (exact) mass is 434 g/mol. The van der Waals surface area contributed by atoms with Crippen LogP contribution in [0.1, 0.15) is 144 Å². The van der Waals surface area contributed by atoms with Crippen molar-refractivity contribution in [1.29, 1.82) is 0 Å². The second-order valence-corrected chi connectivity index (χ2v) is 14.8. The smallest absolute Gasteiger partial charge is 0.0215 e. The molecule has 0 aliphatic rings. The van der Waals surface area contributed by atoms with Crippen LogP contribution in [0.5, 0.6) is 0 Å². The van der Waals surface area contributed by atoms with Crippen LogP contribution in [0.3, 0.4) is 0 Å². The zero-order chi connectivity index (χ0) is 20.4. The molecule has 3 heteroatoms. The number of unbranched alkanes of at least 4 members (excludes halogenated alkanes) is 12. The predicted molar refractivity (Wildman–Crippen MR) is 136 cm³/mol. The van der Waals surface area contributed by atoms with Gasteiger partial charge in [0.15, 0.2) is 0 Å².